The first-order chi connectivity index (χ1) is 20.7. The van der Waals surface area contributed by atoms with Crippen LogP contribution in [0.3, 0.4) is 0 Å². The number of nitrogens with zero attached hydrogens (tertiary/aromatic N) is 1. The third kappa shape index (κ3) is 4.99. The second kappa shape index (κ2) is 11.5. The molecule has 1 aromatic rings. The van der Waals surface area contributed by atoms with E-state index in [1.165, 1.54) is 0 Å². The number of carbonyl (C=O) groups is 5. The van der Waals surface area contributed by atoms with E-state index in [4.69, 9.17) is 24.4 Å². The Hall–Kier alpha value is -4.05. The molecule has 0 radical (unpaired) electrons. The summed E-state index contributed by atoms with van der Waals surface area (Å²) in [5.74, 6) is -6.54. The largest absolute Gasteiger partial charge is 0.481 e. The number of piperidine rings is 1. The van der Waals surface area contributed by atoms with Gasteiger partial charge >= 0.3 is 29.8 Å². The second-order valence-corrected chi connectivity index (χ2v) is 11.5. The van der Waals surface area contributed by atoms with Gasteiger partial charge in [-0.25, -0.2) is 14.4 Å². The highest BCUT2D eigenvalue weighted by Gasteiger charge is 2.71. The Morgan fingerprint density at radius 1 is 1.11 bits per heavy atom. The number of likely N-dealkylation sites (tertiary alicyclic amines) is 1. The number of benzene rings is 1. The fourth-order valence-corrected chi connectivity index (χ4v) is 6.92. The van der Waals surface area contributed by atoms with Crippen molar-refractivity contribution in [3.63, 3.8) is 0 Å². The van der Waals surface area contributed by atoms with Gasteiger partial charge in [0.05, 0.1) is 30.5 Å². The molecule has 2 heterocycles. The van der Waals surface area contributed by atoms with E-state index in [2.05, 4.69) is 9.64 Å². The van der Waals surface area contributed by atoms with E-state index < -0.39 is 78.1 Å². The van der Waals surface area contributed by atoms with E-state index in [0.29, 0.717) is 30.7 Å². The Kier molecular flexibility index (Phi) is 8.18. The lowest BCUT2D eigenvalue weighted by Crippen LogP contribution is -2.74. The van der Waals surface area contributed by atoms with Gasteiger partial charge in [0.1, 0.15) is 11.5 Å². The van der Waals surface area contributed by atoms with Gasteiger partial charge in [-0.05, 0) is 45.0 Å². The third-order valence-electron chi connectivity index (χ3n) is 9.01. The van der Waals surface area contributed by atoms with Crippen molar-refractivity contribution in [1.29, 1.82) is 0 Å². The van der Waals surface area contributed by atoms with Crippen LogP contribution in [0.4, 0.5) is 0 Å². The number of esters is 3. The molecule has 4 aliphatic rings. The molecule has 1 saturated heterocycles. The van der Waals surface area contributed by atoms with E-state index in [-0.39, 0.29) is 24.8 Å². The monoisotopic (exact) mass is 619 g/mol. The van der Waals surface area contributed by atoms with Crippen LogP contribution in [0.25, 0.3) is 0 Å². The number of hydrogen-bond acceptors (Lipinski definition) is 13. The molecule has 0 amide bonds. The van der Waals surface area contributed by atoms with Crippen molar-refractivity contribution in [2.45, 2.75) is 87.1 Å². The average molecular weight is 620 g/mol. The molecule has 0 unspecified atom stereocenters. The van der Waals surface area contributed by atoms with Crippen LogP contribution < -0.4 is 4.74 Å². The maximum Gasteiger partial charge on any atom is 0.348 e. The Balaban J connectivity index is 1.27. The second-order valence-electron chi connectivity index (χ2n) is 11.5. The van der Waals surface area contributed by atoms with Crippen molar-refractivity contribution in [1.82, 2.24) is 4.90 Å². The molecule has 1 fully saturated rings. The minimum atomic E-state index is -2.08. The van der Waals surface area contributed by atoms with Gasteiger partial charge in [-0.1, -0.05) is 12.1 Å². The van der Waals surface area contributed by atoms with Crippen LogP contribution in [-0.4, -0.2) is 110 Å². The molecule has 15 heteroatoms. The first-order valence-electron chi connectivity index (χ1n) is 14.0. The van der Waals surface area contributed by atoms with Gasteiger partial charge in [-0.3, -0.25) is 9.59 Å². The predicted octanol–water partition coefficient (Wildman–Crippen LogP) is -0.846. The summed E-state index contributed by atoms with van der Waals surface area (Å²) >= 11 is 0. The molecule has 2 aliphatic heterocycles. The number of aliphatic carboxylic acids is 2. The molecule has 2 aliphatic carbocycles. The van der Waals surface area contributed by atoms with Crippen molar-refractivity contribution in [2.24, 2.45) is 0 Å². The average Bonchev–Trinajstić information content (AvgIpc) is 3.31. The SMILES string of the molecule is C[C@H](OC(=O)[C@@H](O)CC(=O)OC1=CC[C@@]2(O)[C@H]3Cc4ccc(CO)c5c4[C@@]2(CCN3C)[C@H]1O5)C(=O)O[C@@H](CC(=O)O)C(=O)O. The summed E-state index contributed by atoms with van der Waals surface area (Å²) in [7, 11) is 1.94. The normalized spacial score (nSPS) is 28.3. The summed E-state index contributed by atoms with van der Waals surface area (Å²) in [4.78, 5) is 61.4. The molecule has 0 aromatic heterocycles. The van der Waals surface area contributed by atoms with Crippen LogP contribution in [-0.2, 0) is 56.6 Å². The first-order valence-corrected chi connectivity index (χ1v) is 14.0. The minimum absolute atomic E-state index is 0.0894. The molecule has 5 rings (SSSR count). The van der Waals surface area contributed by atoms with Crippen molar-refractivity contribution >= 4 is 29.8 Å². The Labute approximate surface area is 250 Å². The molecule has 7 atom stereocenters. The van der Waals surface area contributed by atoms with Crippen LogP contribution in [0.1, 0.15) is 49.3 Å². The summed E-state index contributed by atoms with van der Waals surface area (Å²) in [6, 6.07) is 3.44. The van der Waals surface area contributed by atoms with E-state index >= 15 is 0 Å². The van der Waals surface area contributed by atoms with Gasteiger partial charge in [-0.2, -0.15) is 0 Å². The number of carbonyl (C=O) groups excluding carboxylic acids is 3. The van der Waals surface area contributed by atoms with Gasteiger partial charge < -0.3 is 49.4 Å². The fraction of sp³-hybridized carbons (Fsp3) is 0.552. The highest BCUT2D eigenvalue weighted by Crippen LogP contribution is 2.64. The van der Waals surface area contributed by atoms with E-state index in [1.54, 1.807) is 12.1 Å². The Morgan fingerprint density at radius 3 is 2.50 bits per heavy atom. The van der Waals surface area contributed by atoms with Crippen LogP contribution in [0.2, 0.25) is 0 Å². The van der Waals surface area contributed by atoms with Crippen molar-refractivity contribution < 1.29 is 68.5 Å². The van der Waals surface area contributed by atoms with Crippen molar-refractivity contribution in [3.8, 4) is 5.75 Å². The summed E-state index contributed by atoms with van der Waals surface area (Å²) in [5.41, 5.74) is 0.0639. The Bertz CT molecular complexity index is 1440. The van der Waals surface area contributed by atoms with Gasteiger partial charge in [-0.15, -0.1) is 0 Å². The number of rotatable bonds is 11. The maximum absolute atomic E-state index is 12.9. The topological polar surface area (TPSA) is 227 Å². The predicted molar refractivity (Wildman–Crippen MR) is 143 cm³/mol. The molecule has 238 valence electrons. The lowest BCUT2D eigenvalue weighted by molar-refractivity contribution is -0.181. The zero-order valence-electron chi connectivity index (χ0n) is 23.9. The highest BCUT2D eigenvalue weighted by atomic mass is 16.6. The molecular weight excluding hydrogens is 586 g/mol. The smallest absolute Gasteiger partial charge is 0.348 e. The zero-order chi connectivity index (χ0) is 32.1. The molecule has 1 aromatic carbocycles. The number of likely N-dealkylation sites (N-methyl/N-ethyl adjacent to an activating group) is 1. The zero-order valence-corrected chi connectivity index (χ0v) is 23.9. The quantitative estimate of drug-likeness (QED) is 0.150. The first kappa shape index (κ1) is 31.4. The number of hydrogen-bond donors (Lipinski definition) is 5. The third-order valence-corrected chi connectivity index (χ3v) is 9.01. The van der Waals surface area contributed by atoms with E-state index in [0.717, 1.165) is 18.1 Å². The number of carboxylic acid groups (broad SMARTS) is 2. The number of carboxylic acids is 2. The van der Waals surface area contributed by atoms with Gasteiger partial charge in [0.25, 0.3) is 0 Å². The maximum atomic E-state index is 12.9. The standard InChI is InChI=1S/C29H33NO14/c1-13(26(38)43-18(25(36)37)11-20(33)34)41-27(39)16(32)10-21(35)42-17-5-6-29(40)19-9-14-3-4-15(12-31)23-22(14)28(29,24(17)44-23)7-8-30(19)2/h3-5,13,16,18-19,24,31-32,40H,6-12H2,1-2H3,(H,33,34)(H,36,37)/t13-,16-,18-,19+,24-,28-,29+/m0/s1. The molecule has 1 spiro atoms. The highest BCUT2D eigenvalue weighted by molar-refractivity contribution is 5.87. The lowest BCUT2D eigenvalue weighted by atomic mass is 9.50. The van der Waals surface area contributed by atoms with Crippen molar-refractivity contribution in [2.75, 3.05) is 13.6 Å². The fourth-order valence-electron chi connectivity index (χ4n) is 6.92. The minimum Gasteiger partial charge on any atom is -0.481 e. The van der Waals surface area contributed by atoms with Gasteiger partial charge in [0, 0.05) is 23.6 Å². The van der Waals surface area contributed by atoms with Crippen LogP contribution in [0, 0.1) is 0 Å². The number of aliphatic hydroxyl groups is 3. The summed E-state index contributed by atoms with van der Waals surface area (Å²) < 4.78 is 21.3. The summed E-state index contributed by atoms with van der Waals surface area (Å²) in [6.07, 6.45) is -5.94. The molecule has 0 saturated carbocycles. The lowest BCUT2D eigenvalue weighted by Gasteiger charge is -2.61. The van der Waals surface area contributed by atoms with Crippen LogP contribution in [0.15, 0.2) is 24.0 Å². The molecule has 5 N–H and O–H groups in total. The van der Waals surface area contributed by atoms with Crippen molar-refractivity contribution in [3.05, 3.63) is 40.7 Å². The molecular formula is C29H33NO14. The molecule has 15 nitrogen and oxygen atoms in total. The van der Waals surface area contributed by atoms with Crippen LogP contribution in [0.5, 0.6) is 5.75 Å². The molecule has 2 bridgehead atoms. The van der Waals surface area contributed by atoms with Gasteiger partial charge in [0.2, 0.25) is 6.10 Å². The van der Waals surface area contributed by atoms with E-state index in [9.17, 15) is 39.3 Å². The van der Waals surface area contributed by atoms with E-state index in [1.807, 2.05) is 13.1 Å². The van der Waals surface area contributed by atoms with Crippen LogP contribution >= 0.6 is 0 Å². The number of aliphatic hydroxyl groups excluding tert-OH is 2. The summed E-state index contributed by atoms with van der Waals surface area (Å²) in [5, 5.41) is 50.3. The summed E-state index contributed by atoms with van der Waals surface area (Å²) in [6.45, 7) is 1.34. The van der Waals surface area contributed by atoms with Gasteiger partial charge in [0.15, 0.2) is 18.3 Å². The number of ether oxygens (including phenoxy) is 4. The Morgan fingerprint density at radius 2 is 1.84 bits per heavy atom. The molecule has 44 heavy (non-hydrogen) atoms.